The Kier molecular flexibility index (Phi) is 4.15. The Labute approximate surface area is 130 Å². The minimum Gasteiger partial charge on any atom is -0.492 e. The number of benzene rings is 2. The molecule has 0 bridgehead atoms. The van der Waals surface area contributed by atoms with E-state index in [0.29, 0.717) is 24.3 Å². The molecule has 0 saturated carbocycles. The van der Waals surface area contributed by atoms with Gasteiger partial charge in [-0.3, -0.25) is 0 Å². The van der Waals surface area contributed by atoms with Gasteiger partial charge in [0, 0.05) is 18.7 Å². The lowest BCUT2D eigenvalue weighted by atomic mass is 10.0. The Morgan fingerprint density at radius 1 is 1.09 bits per heavy atom. The number of primary sulfonamides is 1. The minimum absolute atomic E-state index is 0.601. The van der Waals surface area contributed by atoms with Crippen LogP contribution in [0.15, 0.2) is 48.5 Å². The Morgan fingerprint density at radius 3 is 2.59 bits per heavy atom. The summed E-state index contributed by atoms with van der Waals surface area (Å²) in [7, 11) is -3.77. The molecule has 0 saturated heterocycles. The molecule has 2 aromatic rings. The molecule has 5 nitrogen and oxygen atoms in total. The third-order valence-electron chi connectivity index (χ3n) is 3.67. The maximum atomic E-state index is 12.1. The molecule has 1 unspecified atom stereocenters. The molecule has 6 heteroatoms. The van der Waals surface area contributed by atoms with Gasteiger partial charge in [-0.2, -0.15) is 0 Å². The number of hydrogen-bond acceptors (Lipinski definition) is 4. The van der Waals surface area contributed by atoms with Crippen molar-refractivity contribution in [1.82, 2.24) is 5.32 Å². The van der Waals surface area contributed by atoms with Crippen LogP contribution in [0.4, 0.5) is 0 Å². The summed E-state index contributed by atoms with van der Waals surface area (Å²) in [6, 6.07) is 14.5. The molecule has 1 heterocycles. The minimum atomic E-state index is -3.77. The Morgan fingerprint density at radius 2 is 1.86 bits per heavy atom. The predicted octanol–water partition coefficient (Wildman–Crippen LogP) is 1.55. The molecule has 3 N–H and O–H groups in total. The van der Waals surface area contributed by atoms with Crippen molar-refractivity contribution in [1.29, 1.82) is 0 Å². The van der Waals surface area contributed by atoms with Gasteiger partial charge < -0.3 is 10.1 Å². The fourth-order valence-corrected chi connectivity index (χ4v) is 3.76. The van der Waals surface area contributed by atoms with Crippen LogP contribution in [0.1, 0.15) is 21.9 Å². The summed E-state index contributed by atoms with van der Waals surface area (Å²) in [4.78, 5) is 0. The smallest absolute Gasteiger partial charge is 0.220 e. The van der Waals surface area contributed by atoms with E-state index in [9.17, 15) is 8.42 Å². The zero-order chi connectivity index (χ0) is 15.6. The van der Waals surface area contributed by atoms with Crippen molar-refractivity contribution >= 4 is 10.0 Å². The second-order valence-electron chi connectivity index (χ2n) is 5.27. The van der Waals surface area contributed by atoms with Gasteiger partial charge >= 0.3 is 0 Å². The van der Waals surface area contributed by atoms with Gasteiger partial charge in [-0.05, 0) is 23.3 Å². The standard InChI is InChI=1S/C16H18N2O3S/c17-22(19,20)16(12-4-2-1-3-5-12)13-6-7-15-14(10-13)11-18-8-9-21-15/h1-7,10,16,18H,8-9,11H2,(H2,17,19,20). The monoisotopic (exact) mass is 318 g/mol. The SMILES string of the molecule is NS(=O)(=O)C(c1ccccc1)c1ccc2c(c1)CNCCO2. The molecule has 3 rings (SSSR count). The molecule has 0 aromatic heterocycles. The third-order valence-corrected chi connectivity index (χ3v) is 4.87. The number of ether oxygens (including phenoxy) is 1. The molecule has 22 heavy (non-hydrogen) atoms. The summed E-state index contributed by atoms with van der Waals surface area (Å²) in [6.07, 6.45) is 0. The van der Waals surface area contributed by atoms with E-state index in [4.69, 9.17) is 9.88 Å². The molecule has 0 spiro atoms. The number of rotatable bonds is 3. The number of nitrogens with one attached hydrogen (secondary N) is 1. The van der Waals surface area contributed by atoms with Crippen molar-refractivity contribution in [2.45, 2.75) is 11.8 Å². The van der Waals surface area contributed by atoms with E-state index in [2.05, 4.69) is 5.32 Å². The highest BCUT2D eigenvalue weighted by Crippen LogP contribution is 2.32. The molecule has 0 radical (unpaired) electrons. The van der Waals surface area contributed by atoms with Gasteiger partial charge in [0.15, 0.2) is 0 Å². The van der Waals surface area contributed by atoms with Crippen LogP contribution in [-0.2, 0) is 16.6 Å². The molecule has 116 valence electrons. The normalized spacial score (nSPS) is 16.2. The van der Waals surface area contributed by atoms with Gasteiger partial charge in [-0.1, -0.05) is 36.4 Å². The number of sulfonamides is 1. The average molecular weight is 318 g/mol. The third kappa shape index (κ3) is 3.14. The highest BCUT2D eigenvalue weighted by Gasteiger charge is 2.26. The summed E-state index contributed by atoms with van der Waals surface area (Å²) in [6.45, 7) is 2.01. The lowest BCUT2D eigenvalue weighted by Crippen LogP contribution is -2.23. The van der Waals surface area contributed by atoms with Gasteiger partial charge in [-0.25, -0.2) is 13.6 Å². The Bertz CT molecular complexity index is 760. The lowest BCUT2D eigenvalue weighted by molar-refractivity contribution is 0.325. The van der Waals surface area contributed by atoms with Crippen LogP contribution in [0.5, 0.6) is 5.75 Å². The van der Waals surface area contributed by atoms with E-state index >= 15 is 0 Å². The first kappa shape index (κ1) is 15.0. The average Bonchev–Trinajstić information content (AvgIpc) is 2.72. The van der Waals surface area contributed by atoms with Crippen LogP contribution >= 0.6 is 0 Å². The topological polar surface area (TPSA) is 81.4 Å². The maximum absolute atomic E-state index is 12.1. The molecule has 2 aromatic carbocycles. The summed E-state index contributed by atoms with van der Waals surface area (Å²) in [5, 5.41) is 7.85. The largest absolute Gasteiger partial charge is 0.492 e. The van der Waals surface area contributed by atoms with Gasteiger partial charge in [-0.15, -0.1) is 0 Å². The second-order valence-corrected chi connectivity index (χ2v) is 6.92. The first-order valence-corrected chi connectivity index (χ1v) is 8.69. The van der Waals surface area contributed by atoms with Crippen molar-refractivity contribution < 1.29 is 13.2 Å². The van der Waals surface area contributed by atoms with E-state index < -0.39 is 15.3 Å². The van der Waals surface area contributed by atoms with Crippen LogP contribution in [-0.4, -0.2) is 21.6 Å². The number of fused-ring (bicyclic) bond motifs is 1. The van der Waals surface area contributed by atoms with Crippen molar-refractivity contribution in [3.63, 3.8) is 0 Å². The first-order chi connectivity index (χ1) is 10.6. The number of hydrogen-bond donors (Lipinski definition) is 2. The molecule has 0 fully saturated rings. The van der Waals surface area contributed by atoms with E-state index in [1.54, 1.807) is 18.2 Å². The van der Waals surface area contributed by atoms with Gasteiger partial charge in [0.25, 0.3) is 0 Å². The highest BCUT2D eigenvalue weighted by molar-refractivity contribution is 7.89. The van der Waals surface area contributed by atoms with Gasteiger partial charge in [0.05, 0.1) is 0 Å². The zero-order valence-corrected chi connectivity index (χ0v) is 12.8. The summed E-state index contributed by atoms with van der Waals surface area (Å²) in [5.41, 5.74) is 2.26. The van der Waals surface area contributed by atoms with E-state index in [0.717, 1.165) is 17.9 Å². The highest BCUT2D eigenvalue weighted by atomic mass is 32.2. The zero-order valence-electron chi connectivity index (χ0n) is 12.0. The van der Waals surface area contributed by atoms with Crippen LogP contribution in [0, 0.1) is 0 Å². The van der Waals surface area contributed by atoms with Crippen molar-refractivity contribution in [3.05, 3.63) is 65.2 Å². The summed E-state index contributed by atoms with van der Waals surface area (Å²) in [5.74, 6) is 0.787. The van der Waals surface area contributed by atoms with Crippen LogP contribution < -0.4 is 15.2 Å². The molecule has 1 atom stereocenters. The molecule has 0 aliphatic carbocycles. The Balaban J connectivity index is 2.08. The fourth-order valence-electron chi connectivity index (χ4n) is 2.70. The molecule has 1 aliphatic rings. The van der Waals surface area contributed by atoms with Crippen LogP contribution in [0.2, 0.25) is 0 Å². The van der Waals surface area contributed by atoms with E-state index in [-0.39, 0.29) is 0 Å². The number of nitrogens with two attached hydrogens (primary N) is 1. The maximum Gasteiger partial charge on any atom is 0.220 e. The summed E-state index contributed by atoms with van der Waals surface area (Å²) < 4.78 is 29.8. The first-order valence-electron chi connectivity index (χ1n) is 7.08. The second kappa shape index (κ2) is 6.08. The van der Waals surface area contributed by atoms with Gasteiger partial charge in [0.1, 0.15) is 17.6 Å². The van der Waals surface area contributed by atoms with Crippen molar-refractivity contribution in [3.8, 4) is 5.75 Å². The van der Waals surface area contributed by atoms with Crippen LogP contribution in [0.3, 0.4) is 0 Å². The summed E-state index contributed by atoms with van der Waals surface area (Å²) >= 11 is 0. The fraction of sp³-hybridized carbons (Fsp3) is 0.250. The Hall–Kier alpha value is -1.89. The van der Waals surface area contributed by atoms with Crippen LogP contribution in [0.25, 0.3) is 0 Å². The molecule has 1 aliphatic heterocycles. The molecular formula is C16H18N2O3S. The molecular weight excluding hydrogens is 300 g/mol. The predicted molar refractivity (Wildman–Crippen MR) is 85.0 cm³/mol. The van der Waals surface area contributed by atoms with Crippen molar-refractivity contribution in [2.24, 2.45) is 5.14 Å². The van der Waals surface area contributed by atoms with Gasteiger partial charge in [0.2, 0.25) is 10.0 Å². The quantitative estimate of drug-likeness (QED) is 0.899. The lowest BCUT2D eigenvalue weighted by Gasteiger charge is -2.17. The van der Waals surface area contributed by atoms with E-state index in [1.807, 2.05) is 30.3 Å². The van der Waals surface area contributed by atoms with E-state index in [1.165, 1.54) is 0 Å². The van der Waals surface area contributed by atoms with Crippen molar-refractivity contribution in [2.75, 3.05) is 13.2 Å². The molecule has 0 amide bonds.